The van der Waals surface area contributed by atoms with Crippen LogP contribution < -0.4 is 10.1 Å². The van der Waals surface area contributed by atoms with E-state index in [4.69, 9.17) is 4.74 Å². The number of likely N-dealkylation sites (tertiary alicyclic amines) is 1. The Morgan fingerprint density at radius 3 is 2.20 bits per heavy atom. The standard InChI is InChI=1S/C32H35FN2O5/c33-27-11-6-23(7-12-27)10-15-31(37)35-18-16-25(17-19-35)21-30(36)34-29(32(38)39)20-24-8-13-28(14-9-24)40-22-26-4-2-1-3-5-26/h1-9,11-14,25,29H,10,15-22H2,(H,34,36)(H,38,39). The van der Waals surface area contributed by atoms with Crippen LogP contribution in [0.1, 0.15) is 42.4 Å². The fourth-order valence-electron chi connectivity index (χ4n) is 4.86. The summed E-state index contributed by atoms with van der Waals surface area (Å²) in [5, 5.41) is 12.4. The number of rotatable bonds is 12. The molecule has 0 aliphatic carbocycles. The number of aryl methyl sites for hydroxylation is 1. The van der Waals surface area contributed by atoms with E-state index in [0.29, 0.717) is 51.1 Å². The molecule has 210 valence electrons. The molecular weight excluding hydrogens is 511 g/mol. The highest BCUT2D eigenvalue weighted by molar-refractivity contribution is 5.84. The predicted octanol–water partition coefficient (Wildman–Crippen LogP) is 4.78. The molecule has 8 heteroatoms. The van der Waals surface area contributed by atoms with Gasteiger partial charge in [-0.1, -0.05) is 54.6 Å². The number of benzene rings is 3. The van der Waals surface area contributed by atoms with Crippen LogP contribution in [-0.4, -0.2) is 46.9 Å². The molecule has 40 heavy (non-hydrogen) atoms. The Bertz CT molecular complexity index is 1260. The van der Waals surface area contributed by atoms with Gasteiger partial charge in [0.1, 0.15) is 24.2 Å². The minimum atomic E-state index is -1.08. The molecule has 7 nitrogen and oxygen atoms in total. The number of carboxylic acid groups (broad SMARTS) is 1. The maximum absolute atomic E-state index is 13.1. The molecule has 1 fully saturated rings. The zero-order valence-electron chi connectivity index (χ0n) is 22.4. The van der Waals surface area contributed by atoms with Crippen LogP contribution >= 0.6 is 0 Å². The van der Waals surface area contributed by atoms with Crippen LogP contribution in [0.5, 0.6) is 5.75 Å². The van der Waals surface area contributed by atoms with Crippen molar-refractivity contribution in [3.63, 3.8) is 0 Å². The lowest BCUT2D eigenvalue weighted by Crippen LogP contribution is -2.44. The van der Waals surface area contributed by atoms with Crippen LogP contribution in [0.25, 0.3) is 0 Å². The number of hydrogen-bond donors (Lipinski definition) is 2. The second-order valence-electron chi connectivity index (χ2n) is 10.2. The van der Waals surface area contributed by atoms with E-state index in [-0.39, 0.29) is 36.4 Å². The van der Waals surface area contributed by atoms with Gasteiger partial charge in [-0.3, -0.25) is 9.59 Å². The van der Waals surface area contributed by atoms with Crippen molar-refractivity contribution in [1.29, 1.82) is 0 Å². The summed E-state index contributed by atoms with van der Waals surface area (Å²) in [6.07, 6.45) is 2.70. The van der Waals surface area contributed by atoms with Crippen LogP contribution in [0.15, 0.2) is 78.9 Å². The van der Waals surface area contributed by atoms with Crippen LogP contribution in [0.2, 0.25) is 0 Å². The van der Waals surface area contributed by atoms with E-state index >= 15 is 0 Å². The second-order valence-corrected chi connectivity index (χ2v) is 10.2. The highest BCUT2D eigenvalue weighted by Gasteiger charge is 2.26. The van der Waals surface area contributed by atoms with E-state index in [1.807, 2.05) is 47.4 Å². The van der Waals surface area contributed by atoms with E-state index in [2.05, 4.69) is 5.32 Å². The van der Waals surface area contributed by atoms with Gasteiger partial charge in [0.25, 0.3) is 0 Å². The van der Waals surface area contributed by atoms with Crippen molar-refractivity contribution in [2.75, 3.05) is 13.1 Å². The molecule has 1 atom stereocenters. The summed E-state index contributed by atoms with van der Waals surface area (Å²) in [6.45, 7) is 1.58. The molecule has 0 radical (unpaired) electrons. The molecular formula is C32H35FN2O5. The van der Waals surface area contributed by atoms with Gasteiger partial charge >= 0.3 is 5.97 Å². The number of halogens is 1. The van der Waals surface area contributed by atoms with Gasteiger partial charge in [-0.15, -0.1) is 0 Å². The van der Waals surface area contributed by atoms with Gasteiger partial charge in [-0.25, -0.2) is 9.18 Å². The minimum Gasteiger partial charge on any atom is -0.489 e. The Kier molecular flexibility index (Phi) is 10.3. The van der Waals surface area contributed by atoms with Crippen molar-refractivity contribution in [1.82, 2.24) is 10.2 Å². The Morgan fingerprint density at radius 1 is 0.900 bits per heavy atom. The normalized spacial score (nSPS) is 14.4. The molecule has 4 rings (SSSR count). The van der Waals surface area contributed by atoms with Gasteiger partial charge in [0.2, 0.25) is 11.8 Å². The van der Waals surface area contributed by atoms with E-state index < -0.39 is 12.0 Å². The lowest BCUT2D eigenvalue weighted by atomic mass is 9.92. The number of nitrogens with one attached hydrogen (secondary N) is 1. The van der Waals surface area contributed by atoms with Crippen molar-refractivity contribution in [2.45, 2.75) is 51.2 Å². The van der Waals surface area contributed by atoms with Gasteiger partial charge in [-0.05, 0) is 66.1 Å². The maximum atomic E-state index is 13.1. The summed E-state index contributed by atoms with van der Waals surface area (Å²) in [6, 6.07) is 22.2. The number of aliphatic carboxylic acids is 1. The number of nitrogens with zero attached hydrogens (tertiary/aromatic N) is 1. The molecule has 1 aliphatic heterocycles. The third-order valence-corrected chi connectivity index (χ3v) is 7.23. The number of carbonyl (C=O) groups excluding carboxylic acids is 2. The van der Waals surface area contributed by atoms with Gasteiger partial charge in [-0.2, -0.15) is 0 Å². The van der Waals surface area contributed by atoms with Crippen molar-refractivity contribution < 1.29 is 28.6 Å². The summed E-state index contributed by atoms with van der Waals surface area (Å²) < 4.78 is 18.8. The van der Waals surface area contributed by atoms with Crippen LogP contribution in [0.3, 0.4) is 0 Å². The van der Waals surface area contributed by atoms with Gasteiger partial charge in [0.05, 0.1) is 0 Å². The number of amides is 2. The maximum Gasteiger partial charge on any atom is 0.326 e. The number of hydrogen-bond acceptors (Lipinski definition) is 4. The van der Waals surface area contributed by atoms with Gasteiger partial charge in [0.15, 0.2) is 0 Å². The fraction of sp³-hybridized carbons (Fsp3) is 0.344. The number of ether oxygens (including phenoxy) is 1. The van der Waals surface area contributed by atoms with Crippen molar-refractivity contribution >= 4 is 17.8 Å². The molecule has 1 saturated heterocycles. The molecule has 1 aliphatic rings. The van der Waals surface area contributed by atoms with E-state index in [9.17, 15) is 23.9 Å². The molecule has 1 heterocycles. The molecule has 1 unspecified atom stereocenters. The fourth-order valence-corrected chi connectivity index (χ4v) is 4.86. The van der Waals surface area contributed by atoms with E-state index in [0.717, 1.165) is 16.7 Å². The largest absolute Gasteiger partial charge is 0.489 e. The van der Waals surface area contributed by atoms with Gasteiger partial charge in [0, 0.05) is 32.4 Å². The molecule has 0 spiro atoms. The van der Waals surface area contributed by atoms with E-state index in [1.165, 1.54) is 12.1 Å². The highest BCUT2D eigenvalue weighted by Crippen LogP contribution is 2.22. The third kappa shape index (κ3) is 8.93. The Balaban J connectivity index is 1.18. The zero-order chi connectivity index (χ0) is 28.3. The first-order valence-electron chi connectivity index (χ1n) is 13.7. The van der Waals surface area contributed by atoms with Crippen molar-refractivity contribution in [2.24, 2.45) is 5.92 Å². The average molecular weight is 547 g/mol. The summed E-state index contributed by atoms with van der Waals surface area (Å²) >= 11 is 0. The molecule has 2 N–H and O–H groups in total. The quantitative estimate of drug-likeness (QED) is 0.341. The smallest absolute Gasteiger partial charge is 0.326 e. The average Bonchev–Trinajstić information content (AvgIpc) is 2.97. The van der Waals surface area contributed by atoms with Gasteiger partial charge < -0.3 is 20.1 Å². The first-order valence-corrected chi connectivity index (χ1v) is 13.7. The first kappa shape index (κ1) is 28.8. The summed E-state index contributed by atoms with van der Waals surface area (Å²) in [4.78, 5) is 38.9. The molecule has 3 aromatic rings. The Hall–Kier alpha value is -4.20. The summed E-state index contributed by atoms with van der Waals surface area (Å²) in [5.74, 6) is -0.847. The van der Waals surface area contributed by atoms with Crippen molar-refractivity contribution in [3.05, 3.63) is 101 Å². The second kappa shape index (κ2) is 14.3. The molecule has 0 aromatic heterocycles. The number of piperidine rings is 1. The lowest BCUT2D eigenvalue weighted by molar-refractivity contribution is -0.142. The predicted molar refractivity (Wildman–Crippen MR) is 149 cm³/mol. The molecule has 0 bridgehead atoms. The monoisotopic (exact) mass is 546 g/mol. The first-order chi connectivity index (χ1) is 19.4. The topological polar surface area (TPSA) is 95.9 Å². The minimum absolute atomic E-state index is 0.0506. The SMILES string of the molecule is O=C(CC1CCN(C(=O)CCc2ccc(F)cc2)CC1)NC(Cc1ccc(OCc2ccccc2)cc1)C(=O)O. The zero-order valence-corrected chi connectivity index (χ0v) is 22.4. The molecule has 0 saturated carbocycles. The molecule has 3 aromatic carbocycles. The third-order valence-electron chi connectivity index (χ3n) is 7.23. The van der Waals surface area contributed by atoms with Crippen LogP contribution in [-0.2, 0) is 33.8 Å². The van der Waals surface area contributed by atoms with Crippen LogP contribution in [0, 0.1) is 11.7 Å². The van der Waals surface area contributed by atoms with Crippen molar-refractivity contribution in [3.8, 4) is 5.75 Å². The summed E-state index contributed by atoms with van der Waals surface area (Å²) in [5.41, 5.74) is 2.76. The highest BCUT2D eigenvalue weighted by atomic mass is 19.1. The number of carboxylic acids is 1. The number of carbonyl (C=O) groups is 3. The Morgan fingerprint density at radius 2 is 1.55 bits per heavy atom. The van der Waals surface area contributed by atoms with Crippen LogP contribution in [0.4, 0.5) is 4.39 Å². The Labute approximate surface area is 234 Å². The summed E-state index contributed by atoms with van der Waals surface area (Å²) in [7, 11) is 0. The lowest BCUT2D eigenvalue weighted by Gasteiger charge is -2.32. The molecule has 2 amide bonds. The van der Waals surface area contributed by atoms with E-state index in [1.54, 1.807) is 24.3 Å².